The number of halogens is 1. The molecule has 0 radical (unpaired) electrons. The van der Waals surface area contributed by atoms with Gasteiger partial charge in [0.2, 0.25) is 0 Å². The van der Waals surface area contributed by atoms with Crippen LogP contribution in [0, 0.1) is 0 Å². The number of carbonyl (C=O) groups is 1. The maximum absolute atomic E-state index is 12.2. The molecule has 0 spiro atoms. The minimum atomic E-state index is -0.230. The molecule has 1 fully saturated rings. The predicted octanol–water partition coefficient (Wildman–Crippen LogP) is 3.57. The second-order valence-corrected chi connectivity index (χ2v) is 5.56. The van der Waals surface area contributed by atoms with E-state index in [-0.39, 0.29) is 5.91 Å². The van der Waals surface area contributed by atoms with Gasteiger partial charge in [-0.2, -0.15) is 0 Å². The lowest BCUT2D eigenvalue weighted by Crippen LogP contribution is -2.12. The van der Waals surface area contributed by atoms with Gasteiger partial charge in [0.05, 0.1) is 17.7 Å². The average molecular weight is 318 g/mol. The van der Waals surface area contributed by atoms with E-state index in [1.807, 2.05) is 6.07 Å². The molecular formula is C16H16ClN3O2. The summed E-state index contributed by atoms with van der Waals surface area (Å²) in [5.41, 5.74) is 1.10. The lowest BCUT2D eigenvalue weighted by molar-refractivity contribution is 0.102. The van der Waals surface area contributed by atoms with Crippen molar-refractivity contribution in [2.45, 2.75) is 18.9 Å². The van der Waals surface area contributed by atoms with E-state index < -0.39 is 0 Å². The molecule has 2 N–H and O–H groups in total. The third-order valence-corrected chi connectivity index (χ3v) is 3.66. The van der Waals surface area contributed by atoms with Gasteiger partial charge in [-0.1, -0.05) is 11.6 Å². The summed E-state index contributed by atoms with van der Waals surface area (Å²) in [7, 11) is 1.54. The maximum Gasteiger partial charge on any atom is 0.257 e. The molecule has 1 aromatic heterocycles. The van der Waals surface area contributed by atoms with Crippen LogP contribution in [0.15, 0.2) is 36.5 Å². The van der Waals surface area contributed by atoms with E-state index in [0.717, 1.165) is 5.82 Å². The number of methoxy groups -OCH3 is 1. The quantitative estimate of drug-likeness (QED) is 0.885. The van der Waals surface area contributed by atoms with Gasteiger partial charge in [-0.15, -0.1) is 0 Å². The summed E-state index contributed by atoms with van der Waals surface area (Å²) in [4.78, 5) is 16.4. The molecule has 2 aromatic rings. The number of anilines is 2. The molecule has 1 aliphatic rings. The largest absolute Gasteiger partial charge is 0.495 e. The highest BCUT2D eigenvalue weighted by atomic mass is 35.5. The zero-order chi connectivity index (χ0) is 15.5. The first-order valence-electron chi connectivity index (χ1n) is 7.03. The van der Waals surface area contributed by atoms with Crippen molar-refractivity contribution < 1.29 is 9.53 Å². The topological polar surface area (TPSA) is 63.2 Å². The smallest absolute Gasteiger partial charge is 0.257 e. The van der Waals surface area contributed by atoms with Gasteiger partial charge in [0.1, 0.15) is 11.6 Å². The fourth-order valence-corrected chi connectivity index (χ4v) is 2.26. The molecule has 114 valence electrons. The highest BCUT2D eigenvalue weighted by Crippen LogP contribution is 2.27. The number of nitrogens with zero attached hydrogens (tertiary/aromatic N) is 1. The SMILES string of the molecule is COc1ccc(NC(=O)c2ccc(NC3CC3)nc2)cc1Cl. The number of nitrogens with one attached hydrogen (secondary N) is 2. The first-order chi connectivity index (χ1) is 10.7. The number of carbonyl (C=O) groups excluding carboxylic acids is 1. The van der Waals surface area contributed by atoms with E-state index in [1.54, 1.807) is 37.6 Å². The fraction of sp³-hybridized carbons (Fsp3) is 0.250. The van der Waals surface area contributed by atoms with Crippen molar-refractivity contribution >= 4 is 29.0 Å². The molecular weight excluding hydrogens is 302 g/mol. The van der Waals surface area contributed by atoms with Crippen LogP contribution in [-0.2, 0) is 0 Å². The summed E-state index contributed by atoms with van der Waals surface area (Å²) >= 11 is 6.04. The van der Waals surface area contributed by atoms with Gasteiger partial charge in [-0.05, 0) is 43.2 Å². The van der Waals surface area contributed by atoms with Crippen LogP contribution in [0.2, 0.25) is 5.02 Å². The first-order valence-corrected chi connectivity index (χ1v) is 7.41. The van der Waals surface area contributed by atoms with Crippen LogP contribution < -0.4 is 15.4 Å². The molecule has 3 rings (SSSR count). The number of rotatable bonds is 5. The minimum Gasteiger partial charge on any atom is -0.495 e. The zero-order valence-corrected chi connectivity index (χ0v) is 12.9. The molecule has 1 amide bonds. The molecule has 0 aliphatic heterocycles. The van der Waals surface area contributed by atoms with Gasteiger partial charge in [-0.25, -0.2) is 4.98 Å². The number of hydrogen-bond donors (Lipinski definition) is 2. The summed E-state index contributed by atoms with van der Waals surface area (Å²) in [6.45, 7) is 0. The summed E-state index contributed by atoms with van der Waals surface area (Å²) in [6, 6.07) is 9.19. The van der Waals surface area contributed by atoms with Crippen molar-refractivity contribution in [1.82, 2.24) is 4.98 Å². The number of ether oxygens (including phenoxy) is 1. The lowest BCUT2D eigenvalue weighted by Gasteiger charge is -2.08. The van der Waals surface area contributed by atoms with Crippen molar-refractivity contribution in [1.29, 1.82) is 0 Å². The zero-order valence-electron chi connectivity index (χ0n) is 12.1. The molecule has 1 heterocycles. The number of aromatic nitrogens is 1. The van der Waals surface area contributed by atoms with Gasteiger partial charge in [0, 0.05) is 17.9 Å². The van der Waals surface area contributed by atoms with E-state index in [1.165, 1.54) is 12.8 Å². The molecule has 1 saturated carbocycles. The minimum absolute atomic E-state index is 0.230. The van der Waals surface area contributed by atoms with Crippen molar-refractivity contribution in [2.75, 3.05) is 17.7 Å². The molecule has 0 unspecified atom stereocenters. The van der Waals surface area contributed by atoms with Crippen molar-refractivity contribution in [3.05, 3.63) is 47.1 Å². The normalized spacial score (nSPS) is 13.5. The molecule has 1 aromatic carbocycles. The summed E-state index contributed by atoms with van der Waals surface area (Å²) < 4.78 is 5.08. The van der Waals surface area contributed by atoms with Gasteiger partial charge in [-0.3, -0.25) is 4.79 Å². The van der Waals surface area contributed by atoms with Crippen LogP contribution >= 0.6 is 11.6 Å². The number of benzene rings is 1. The molecule has 6 heteroatoms. The van der Waals surface area contributed by atoms with Gasteiger partial charge in [0.15, 0.2) is 0 Å². The molecule has 0 saturated heterocycles. The van der Waals surface area contributed by atoms with Crippen LogP contribution in [0.1, 0.15) is 23.2 Å². The Balaban J connectivity index is 1.66. The molecule has 1 aliphatic carbocycles. The highest BCUT2D eigenvalue weighted by Gasteiger charge is 2.21. The van der Waals surface area contributed by atoms with E-state index in [0.29, 0.717) is 28.1 Å². The van der Waals surface area contributed by atoms with E-state index >= 15 is 0 Å². The monoisotopic (exact) mass is 317 g/mol. The van der Waals surface area contributed by atoms with Crippen LogP contribution in [0.4, 0.5) is 11.5 Å². The number of hydrogen-bond acceptors (Lipinski definition) is 4. The highest BCUT2D eigenvalue weighted by molar-refractivity contribution is 6.32. The Kier molecular flexibility index (Phi) is 4.15. The average Bonchev–Trinajstić information content (AvgIpc) is 3.32. The first kappa shape index (κ1) is 14.7. The number of amides is 1. The summed E-state index contributed by atoms with van der Waals surface area (Å²) in [6.07, 6.45) is 3.93. The van der Waals surface area contributed by atoms with E-state index in [2.05, 4.69) is 15.6 Å². The van der Waals surface area contributed by atoms with Crippen LogP contribution in [-0.4, -0.2) is 24.0 Å². The molecule has 0 atom stereocenters. The van der Waals surface area contributed by atoms with Crippen LogP contribution in [0.3, 0.4) is 0 Å². The predicted molar refractivity (Wildman–Crippen MR) is 86.8 cm³/mol. The number of pyridine rings is 1. The van der Waals surface area contributed by atoms with Crippen molar-refractivity contribution in [3.63, 3.8) is 0 Å². The Bertz CT molecular complexity index is 684. The Morgan fingerprint density at radius 2 is 2.14 bits per heavy atom. The van der Waals surface area contributed by atoms with Crippen molar-refractivity contribution in [2.24, 2.45) is 0 Å². The van der Waals surface area contributed by atoms with Crippen LogP contribution in [0.25, 0.3) is 0 Å². The third-order valence-electron chi connectivity index (χ3n) is 3.36. The Morgan fingerprint density at radius 3 is 2.73 bits per heavy atom. The van der Waals surface area contributed by atoms with E-state index in [4.69, 9.17) is 16.3 Å². The van der Waals surface area contributed by atoms with Crippen molar-refractivity contribution in [3.8, 4) is 5.75 Å². The second kappa shape index (κ2) is 6.23. The second-order valence-electron chi connectivity index (χ2n) is 5.15. The maximum atomic E-state index is 12.2. The molecule has 0 bridgehead atoms. The lowest BCUT2D eigenvalue weighted by atomic mass is 10.2. The van der Waals surface area contributed by atoms with Gasteiger partial charge < -0.3 is 15.4 Å². The standard InChI is InChI=1S/C16H16ClN3O2/c1-22-14-6-5-12(8-13(14)17)20-16(21)10-2-7-15(18-9-10)19-11-3-4-11/h2,5-9,11H,3-4H2,1H3,(H,18,19)(H,20,21). The van der Waals surface area contributed by atoms with Crippen LogP contribution in [0.5, 0.6) is 5.75 Å². The summed E-state index contributed by atoms with van der Waals surface area (Å²) in [5.74, 6) is 1.13. The van der Waals surface area contributed by atoms with Gasteiger partial charge in [0.25, 0.3) is 5.91 Å². The Hall–Kier alpha value is -2.27. The molecule has 22 heavy (non-hydrogen) atoms. The fourth-order valence-electron chi connectivity index (χ4n) is 2.00. The molecule has 5 nitrogen and oxygen atoms in total. The van der Waals surface area contributed by atoms with Gasteiger partial charge >= 0.3 is 0 Å². The summed E-state index contributed by atoms with van der Waals surface area (Å²) in [5, 5.41) is 6.51. The van der Waals surface area contributed by atoms with E-state index in [9.17, 15) is 4.79 Å². The third kappa shape index (κ3) is 3.49. The Morgan fingerprint density at radius 1 is 1.32 bits per heavy atom. The Labute approximate surface area is 133 Å².